The molecule has 0 aliphatic heterocycles. The molecule has 0 spiro atoms. The summed E-state index contributed by atoms with van der Waals surface area (Å²) in [6, 6.07) is 14.2. The molecule has 0 radical (unpaired) electrons. The van der Waals surface area contributed by atoms with E-state index in [1.807, 2.05) is 12.1 Å². The molecule has 0 aliphatic rings. The summed E-state index contributed by atoms with van der Waals surface area (Å²) in [7, 11) is 0. The molecule has 0 fully saturated rings. The Hall–Kier alpha value is -2.82. The second-order valence-electron chi connectivity index (χ2n) is 6.20. The number of hydrogen-bond donors (Lipinski definition) is 2. The van der Waals surface area contributed by atoms with E-state index in [4.69, 9.17) is 10.5 Å². The zero-order chi connectivity index (χ0) is 18.8. The molecule has 0 heterocycles. The highest BCUT2D eigenvalue weighted by molar-refractivity contribution is 5.94. The summed E-state index contributed by atoms with van der Waals surface area (Å²) in [5.74, 6) is -0.0203. The number of ether oxygens (including phenoxy) is 1. The zero-order valence-electron chi connectivity index (χ0n) is 15.2. The van der Waals surface area contributed by atoms with Crippen molar-refractivity contribution in [1.82, 2.24) is 5.32 Å². The van der Waals surface area contributed by atoms with Gasteiger partial charge in [-0.25, -0.2) is 4.79 Å². The summed E-state index contributed by atoms with van der Waals surface area (Å²) < 4.78 is 5.34. The van der Waals surface area contributed by atoms with Gasteiger partial charge in [-0.2, -0.15) is 0 Å². The monoisotopic (exact) mass is 354 g/mol. The molecule has 0 aromatic heterocycles. The molecule has 0 aliphatic carbocycles. The number of unbranched alkanes of at least 4 members (excludes halogenated alkanes) is 4. The van der Waals surface area contributed by atoms with Crippen LogP contribution in [0.15, 0.2) is 48.5 Å². The van der Waals surface area contributed by atoms with E-state index in [9.17, 15) is 9.59 Å². The topological polar surface area (TPSA) is 81.4 Å². The third kappa shape index (κ3) is 6.24. The molecule has 138 valence electrons. The predicted octanol–water partition coefficient (Wildman–Crippen LogP) is 4.51. The van der Waals surface area contributed by atoms with Crippen molar-refractivity contribution in [3.63, 3.8) is 0 Å². The number of carbonyl (C=O) groups excluding carboxylic acids is 2. The van der Waals surface area contributed by atoms with E-state index < -0.39 is 12.0 Å². The van der Waals surface area contributed by atoms with E-state index in [-0.39, 0.29) is 0 Å². The first-order valence-corrected chi connectivity index (χ1v) is 9.06. The highest BCUT2D eigenvalue weighted by Gasteiger charge is 2.07. The number of carbonyl (C=O) groups is 2. The van der Waals surface area contributed by atoms with E-state index >= 15 is 0 Å². The summed E-state index contributed by atoms with van der Waals surface area (Å²) >= 11 is 0. The summed E-state index contributed by atoms with van der Waals surface area (Å²) in [5, 5.41) is 2.77. The lowest BCUT2D eigenvalue weighted by molar-refractivity contribution is 0.1000. The summed E-state index contributed by atoms with van der Waals surface area (Å²) in [5.41, 5.74) is 7.45. The van der Waals surface area contributed by atoms with Crippen molar-refractivity contribution < 1.29 is 14.3 Å². The Kier molecular flexibility index (Phi) is 7.68. The Morgan fingerprint density at radius 1 is 0.962 bits per heavy atom. The quantitative estimate of drug-likeness (QED) is 0.650. The van der Waals surface area contributed by atoms with Gasteiger partial charge in [0, 0.05) is 12.1 Å². The Labute approximate surface area is 154 Å². The van der Waals surface area contributed by atoms with E-state index in [1.54, 1.807) is 36.4 Å². The molecule has 5 nitrogen and oxygen atoms in total. The normalized spacial score (nSPS) is 10.3. The lowest BCUT2D eigenvalue weighted by Crippen LogP contribution is -2.27. The van der Waals surface area contributed by atoms with Crippen LogP contribution in [0.1, 0.15) is 49.4 Å². The predicted molar refractivity (Wildman–Crippen MR) is 103 cm³/mol. The third-order valence-electron chi connectivity index (χ3n) is 4.07. The van der Waals surface area contributed by atoms with E-state index in [2.05, 4.69) is 12.2 Å². The van der Waals surface area contributed by atoms with Crippen molar-refractivity contribution in [2.75, 3.05) is 6.54 Å². The van der Waals surface area contributed by atoms with Crippen LogP contribution in [0.25, 0.3) is 11.1 Å². The van der Waals surface area contributed by atoms with Crippen molar-refractivity contribution in [3.8, 4) is 16.9 Å². The van der Waals surface area contributed by atoms with E-state index in [0.29, 0.717) is 17.9 Å². The molecule has 2 amide bonds. The largest absolute Gasteiger partial charge is 0.412 e. The zero-order valence-corrected chi connectivity index (χ0v) is 15.2. The van der Waals surface area contributed by atoms with Gasteiger partial charge in [-0.1, -0.05) is 56.9 Å². The molecule has 0 atom stereocenters. The van der Waals surface area contributed by atoms with Crippen LogP contribution in [0.5, 0.6) is 5.75 Å². The number of primary amides is 1. The van der Waals surface area contributed by atoms with Crippen LogP contribution in [0.4, 0.5) is 4.79 Å². The molecule has 0 saturated heterocycles. The molecular weight excluding hydrogens is 328 g/mol. The van der Waals surface area contributed by atoms with Crippen LogP contribution < -0.4 is 15.8 Å². The van der Waals surface area contributed by atoms with Gasteiger partial charge in [0.05, 0.1) is 0 Å². The number of amides is 2. The average Bonchev–Trinajstić information content (AvgIpc) is 2.65. The van der Waals surface area contributed by atoms with Crippen LogP contribution >= 0.6 is 0 Å². The number of nitrogens with one attached hydrogen (secondary N) is 1. The number of rotatable bonds is 9. The van der Waals surface area contributed by atoms with E-state index in [1.165, 1.54) is 19.3 Å². The highest BCUT2D eigenvalue weighted by Crippen LogP contribution is 2.24. The van der Waals surface area contributed by atoms with Gasteiger partial charge in [0.15, 0.2) is 0 Å². The number of hydrogen-bond acceptors (Lipinski definition) is 3. The molecule has 0 unspecified atom stereocenters. The lowest BCUT2D eigenvalue weighted by atomic mass is 10.0. The van der Waals surface area contributed by atoms with Crippen molar-refractivity contribution >= 4 is 12.0 Å². The Bertz CT molecular complexity index is 744. The van der Waals surface area contributed by atoms with Crippen LogP contribution in [0, 0.1) is 0 Å². The standard InChI is InChI=1S/C21H26N2O3/c1-2-3-4-5-6-13-23-21(25)26-19-12-8-10-17(15-19)16-9-7-11-18(14-16)20(22)24/h7-12,14-15H,2-6,13H2,1H3,(H2,22,24)(H,23,25). The molecule has 5 heteroatoms. The molecule has 26 heavy (non-hydrogen) atoms. The van der Waals surface area contributed by atoms with Gasteiger partial charge in [-0.05, 0) is 41.8 Å². The fourth-order valence-electron chi connectivity index (χ4n) is 2.65. The van der Waals surface area contributed by atoms with Crippen LogP contribution in [-0.2, 0) is 0 Å². The van der Waals surface area contributed by atoms with Crippen molar-refractivity contribution in [3.05, 3.63) is 54.1 Å². The maximum atomic E-state index is 11.9. The van der Waals surface area contributed by atoms with Crippen molar-refractivity contribution in [1.29, 1.82) is 0 Å². The second-order valence-corrected chi connectivity index (χ2v) is 6.20. The first-order valence-electron chi connectivity index (χ1n) is 9.06. The fourth-order valence-corrected chi connectivity index (χ4v) is 2.65. The maximum absolute atomic E-state index is 11.9. The van der Waals surface area contributed by atoms with Gasteiger partial charge in [0.2, 0.25) is 5.91 Å². The van der Waals surface area contributed by atoms with Crippen LogP contribution in [-0.4, -0.2) is 18.5 Å². The first-order chi connectivity index (χ1) is 12.6. The van der Waals surface area contributed by atoms with Gasteiger partial charge in [-0.15, -0.1) is 0 Å². The van der Waals surface area contributed by atoms with Gasteiger partial charge in [-0.3, -0.25) is 4.79 Å². The molecule has 0 bridgehead atoms. The maximum Gasteiger partial charge on any atom is 0.412 e. The van der Waals surface area contributed by atoms with Crippen molar-refractivity contribution in [2.24, 2.45) is 5.73 Å². The molecular formula is C21H26N2O3. The molecule has 2 aromatic rings. The minimum atomic E-state index is -0.474. The molecule has 3 N–H and O–H groups in total. The summed E-state index contributed by atoms with van der Waals surface area (Å²) in [6.45, 7) is 2.79. The number of benzene rings is 2. The van der Waals surface area contributed by atoms with Gasteiger partial charge < -0.3 is 15.8 Å². The highest BCUT2D eigenvalue weighted by atomic mass is 16.6. The summed E-state index contributed by atoms with van der Waals surface area (Å²) in [6.07, 6.45) is 5.24. The lowest BCUT2D eigenvalue weighted by Gasteiger charge is -2.09. The summed E-state index contributed by atoms with van der Waals surface area (Å²) in [4.78, 5) is 23.2. The SMILES string of the molecule is CCCCCCCNC(=O)Oc1cccc(-c2cccc(C(N)=O)c2)c1. The fraction of sp³-hybridized carbons (Fsp3) is 0.333. The van der Waals surface area contributed by atoms with Crippen LogP contribution in [0.2, 0.25) is 0 Å². The Morgan fingerprint density at radius 3 is 2.38 bits per heavy atom. The number of nitrogens with two attached hydrogens (primary N) is 1. The Balaban J connectivity index is 1.91. The van der Waals surface area contributed by atoms with Crippen molar-refractivity contribution in [2.45, 2.75) is 39.0 Å². The van der Waals surface area contributed by atoms with E-state index in [0.717, 1.165) is 24.0 Å². The second kappa shape index (κ2) is 10.2. The first kappa shape index (κ1) is 19.5. The smallest absolute Gasteiger partial charge is 0.410 e. The average molecular weight is 354 g/mol. The minimum Gasteiger partial charge on any atom is -0.410 e. The Morgan fingerprint density at radius 2 is 1.65 bits per heavy atom. The van der Waals surface area contributed by atoms with Crippen LogP contribution in [0.3, 0.4) is 0 Å². The van der Waals surface area contributed by atoms with Gasteiger partial charge >= 0.3 is 6.09 Å². The van der Waals surface area contributed by atoms with Gasteiger partial charge in [0.1, 0.15) is 5.75 Å². The van der Waals surface area contributed by atoms with Gasteiger partial charge in [0.25, 0.3) is 0 Å². The third-order valence-corrected chi connectivity index (χ3v) is 4.07. The molecule has 2 rings (SSSR count). The molecule has 0 saturated carbocycles. The molecule has 2 aromatic carbocycles. The minimum absolute atomic E-state index is 0.439.